The fourth-order valence-corrected chi connectivity index (χ4v) is 4.53. The van der Waals surface area contributed by atoms with Crippen LogP contribution in [-0.2, 0) is 22.6 Å². The lowest BCUT2D eigenvalue weighted by Gasteiger charge is -2.34. The monoisotopic (exact) mass is 439 g/mol. The number of fused-ring (bicyclic) bond motifs is 1. The normalized spacial score (nSPS) is 18.8. The maximum absolute atomic E-state index is 14.3. The molecule has 0 unspecified atom stereocenters. The molecule has 0 saturated carbocycles. The van der Waals surface area contributed by atoms with Crippen molar-refractivity contribution in [2.45, 2.75) is 45.1 Å². The SMILES string of the molecule is Cc1nc([C@@H]2CCCN(C(=O)CN(C)C)C2)nc2c1CCC(=O)N2Cc1ccccc1F. The van der Waals surface area contributed by atoms with E-state index in [1.54, 1.807) is 23.1 Å². The molecule has 0 radical (unpaired) electrons. The Kier molecular flexibility index (Phi) is 6.50. The predicted octanol–water partition coefficient (Wildman–Crippen LogP) is 2.67. The summed E-state index contributed by atoms with van der Waals surface area (Å²) in [6.45, 7) is 3.78. The number of anilines is 1. The van der Waals surface area contributed by atoms with Crippen molar-refractivity contribution in [2.24, 2.45) is 0 Å². The molecule has 4 rings (SSSR count). The number of piperidine rings is 1. The van der Waals surface area contributed by atoms with Crippen molar-refractivity contribution in [3.63, 3.8) is 0 Å². The van der Waals surface area contributed by atoms with Crippen molar-refractivity contribution < 1.29 is 14.0 Å². The van der Waals surface area contributed by atoms with Crippen LogP contribution in [0.4, 0.5) is 10.2 Å². The molecule has 0 spiro atoms. The Labute approximate surface area is 188 Å². The first-order valence-electron chi connectivity index (χ1n) is 11.2. The highest BCUT2D eigenvalue weighted by Gasteiger charge is 2.32. The molecule has 2 aromatic rings. The molecule has 1 aromatic carbocycles. The number of carbonyl (C=O) groups is 2. The van der Waals surface area contributed by atoms with E-state index in [0.717, 1.165) is 30.6 Å². The molecule has 3 heterocycles. The van der Waals surface area contributed by atoms with Crippen molar-refractivity contribution >= 4 is 17.6 Å². The second-order valence-electron chi connectivity index (χ2n) is 8.96. The molecule has 2 amide bonds. The van der Waals surface area contributed by atoms with Crippen molar-refractivity contribution in [1.29, 1.82) is 0 Å². The first-order chi connectivity index (χ1) is 15.3. The van der Waals surface area contributed by atoms with Crippen molar-refractivity contribution in [1.82, 2.24) is 19.8 Å². The van der Waals surface area contributed by atoms with Crippen LogP contribution in [0.2, 0.25) is 0 Å². The van der Waals surface area contributed by atoms with Gasteiger partial charge < -0.3 is 9.80 Å². The number of aromatic nitrogens is 2. The molecule has 0 bridgehead atoms. The molecular formula is C24H30FN5O2. The van der Waals surface area contributed by atoms with E-state index in [2.05, 4.69) is 0 Å². The number of hydrogen-bond donors (Lipinski definition) is 0. The van der Waals surface area contributed by atoms with Gasteiger partial charge in [0.15, 0.2) is 0 Å². The average molecular weight is 440 g/mol. The number of likely N-dealkylation sites (tertiary alicyclic amines) is 1. The third-order valence-electron chi connectivity index (χ3n) is 6.23. The standard InChI is InChI=1S/C24H30FN5O2/c1-16-19-10-11-21(31)30(14-17-7-4-5-9-20(17)25)24(19)27-23(26-16)18-8-6-12-29(13-18)22(32)15-28(2)3/h4-5,7,9,18H,6,8,10-15H2,1-3H3/t18-/m1/s1. The second kappa shape index (κ2) is 9.32. The number of aryl methyl sites for hydroxylation is 1. The van der Waals surface area contributed by atoms with Gasteiger partial charge >= 0.3 is 0 Å². The molecule has 170 valence electrons. The summed E-state index contributed by atoms with van der Waals surface area (Å²) >= 11 is 0. The summed E-state index contributed by atoms with van der Waals surface area (Å²) in [5.41, 5.74) is 2.26. The zero-order valence-corrected chi connectivity index (χ0v) is 19.0. The average Bonchev–Trinajstić information content (AvgIpc) is 2.76. The Hall–Kier alpha value is -2.87. The van der Waals surface area contributed by atoms with E-state index in [4.69, 9.17) is 9.97 Å². The van der Waals surface area contributed by atoms with Gasteiger partial charge in [0, 0.05) is 42.2 Å². The van der Waals surface area contributed by atoms with Gasteiger partial charge in [-0.15, -0.1) is 0 Å². The Morgan fingerprint density at radius 1 is 1.22 bits per heavy atom. The molecule has 2 aliphatic heterocycles. The van der Waals surface area contributed by atoms with Gasteiger partial charge in [0.1, 0.15) is 17.5 Å². The molecular weight excluding hydrogens is 409 g/mol. The summed E-state index contributed by atoms with van der Waals surface area (Å²) < 4.78 is 14.3. The Balaban J connectivity index is 1.63. The van der Waals surface area contributed by atoms with Crippen molar-refractivity contribution in [3.05, 3.63) is 52.7 Å². The number of amides is 2. The number of halogens is 1. The summed E-state index contributed by atoms with van der Waals surface area (Å²) in [6.07, 6.45) is 2.74. The topological polar surface area (TPSA) is 69.6 Å². The van der Waals surface area contributed by atoms with E-state index in [1.165, 1.54) is 6.07 Å². The zero-order chi connectivity index (χ0) is 22.8. The van der Waals surface area contributed by atoms with E-state index in [1.807, 2.05) is 30.8 Å². The van der Waals surface area contributed by atoms with Crippen molar-refractivity contribution in [2.75, 3.05) is 38.6 Å². The highest BCUT2D eigenvalue weighted by Crippen LogP contribution is 2.33. The smallest absolute Gasteiger partial charge is 0.236 e. The van der Waals surface area contributed by atoms with E-state index >= 15 is 0 Å². The molecule has 1 fully saturated rings. The Morgan fingerprint density at radius 3 is 2.75 bits per heavy atom. The van der Waals surface area contributed by atoms with Gasteiger partial charge in [-0.25, -0.2) is 14.4 Å². The van der Waals surface area contributed by atoms with Gasteiger partial charge in [-0.3, -0.25) is 14.5 Å². The highest BCUT2D eigenvalue weighted by molar-refractivity contribution is 5.95. The quantitative estimate of drug-likeness (QED) is 0.717. The van der Waals surface area contributed by atoms with Crippen LogP contribution in [0, 0.1) is 12.7 Å². The summed E-state index contributed by atoms with van der Waals surface area (Å²) in [7, 11) is 3.77. The molecule has 2 aliphatic rings. The number of carbonyl (C=O) groups excluding carboxylic acids is 2. The Bertz CT molecular complexity index is 1030. The van der Waals surface area contributed by atoms with E-state index in [-0.39, 0.29) is 30.1 Å². The third kappa shape index (κ3) is 4.65. The first kappa shape index (κ1) is 22.3. The summed E-state index contributed by atoms with van der Waals surface area (Å²) in [5, 5.41) is 0. The second-order valence-corrected chi connectivity index (χ2v) is 8.96. The van der Waals surface area contributed by atoms with Crippen LogP contribution in [-0.4, -0.2) is 65.3 Å². The third-order valence-corrected chi connectivity index (χ3v) is 6.23. The molecule has 32 heavy (non-hydrogen) atoms. The van der Waals surface area contributed by atoms with Crippen LogP contribution in [0.15, 0.2) is 24.3 Å². The number of likely N-dealkylation sites (N-methyl/N-ethyl adjacent to an activating group) is 1. The minimum Gasteiger partial charge on any atom is -0.341 e. The maximum atomic E-state index is 14.3. The highest BCUT2D eigenvalue weighted by atomic mass is 19.1. The van der Waals surface area contributed by atoms with Crippen LogP contribution in [0.25, 0.3) is 0 Å². The van der Waals surface area contributed by atoms with Gasteiger partial charge in [0.2, 0.25) is 11.8 Å². The lowest BCUT2D eigenvalue weighted by atomic mass is 9.95. The fourth-order valence-electron chi connectivity index (χ4n) is 4.53. The number of hydrogen-bond acceptors (Lipinski definition) is 5. The van der Waals surface area contributed by atoms with Crippen LogP contribution in [0.5, 0.6) is 0 Å². The molecule has 1 saturated heterocycles. The molecule has 1 atom stereocenters. The van der Waals surface area contributed by atoms with Gasteiger partial charge in [0.25, 0.3) is 0 Å². The van der Waals surface area contributed by atoms with Crippen LogP contribution in [0.3, 0.4) is 0 Å². The lowest BCUT2D eigenvalue weighted by molar-refractivity contribution is -0.133. The zero-order valence-electron chi connectivity index (χ0n) is 19.0. The van der Waals surface area contributed by atoms with E-state index in [9.17, 15) is 14.0 Å². The maximum Gasteiger partial charge on any atom is 0.236 e. The summed E-state index contributed by atoms with van der Waals surface area (Å²) in [4.78, 5) is 40.3. The van der Waals surface area contributed by atoms with Crippen LogP contribution in [0.1, 0.15) is 47.8 Å². The van der Waals surface area contributed by atoms with Gasteiger partial charge in [-0.1, -0.05) is 18.2 Å². The van der Waals surface area contributed by atoms with Crippen molar-refractivity contribution in [3.8, 4) is 0 Å². The van der Waals surface area contributed by atoms with Crippen LogP contribution < -0.4 is 4.90 Å². The molecule has 8 heteroatoms. The number of nitrogens with zero attached hydrogens (tertiary/aromatic N) is 5. The predicted molar refractivity (Wildman–Crippen MR) is 120 cm³/mol. The minimum atomic E-state index is -0.333. The molecule has 0 N–H and O–H groups in total. The van der Waals surface area contributed by atoms with Gasteiger partial charge in [-0.2, -0.15) is 0 Å². The van der Waals surface area contributed by atoms with Crippen LogP contribution >= 0.6 is 0 Å². The minimum absolute atomic E-state index is 0.0196. The largest absolute Gasteiger partial charge is 0.341 e. The molecule has 1 aromatic heterocycles. The lowest BCUT2D eigenvalue weighted by Crippen LogP contribution is -2.43. The number of benzene rings is 1. The number of rotatable bonds is 5. The van der Waals surface area contributed by atoms with Gasteiger partial charge in [-0.05, 0) is 46.3 Å². The molecule has 7 nitrogen and oxygen atoms in total. The Morgan fingerprint density at radius 2 is 2.00 bits per heavy atom. The van der Waals surface area contributed by atoms with E-state index in [0.29, 0.717) is 43.1 Å². The van der Waals surface area contributed by atoms with E-state index < -0.39 is 0 Å². The fraction of sp³-hybridized carbons (Fsp3) is 0.500. The van der Waals surface area contributed by atoms with Gasteiger partial charge in [0.05, 0.1) is 13.1 Å². The first-order valence-corrected chi connectivity index (χ1v) is 11.2. The summed E-state index contributed by atoms with van der Waals surface area (Å²) in [6, 6.07) is 6.51. The molecule has 0 aliphatic carbocycles. The summed E-state index contributed by atoms with van der Waals surface area (Å²) in [5.74, 6) is 0.981.